The molecule has 0 spiro atoms. The van der Waals surface area contributed by atoms with Gasteiger partial charge >= 0.3 is 0 Å². The zero-order chi connectivity index (χ0) is 10.7. The van der Waals surface area contributed by atoms with Gasteiger partial charge in [0.2, 0.25) is 0 Å². The number of carbonyl (C=O) groups is 1. The number of aldehydes is 1. The molecule has 2 fully saturated rings. The predicted octanol–water partition coefficient (Wildman–Crippen LogP) is 2.62. The van der Waals surface area contributed by atoms with Gasteiger partial charge in [-0.3, -0.25) is 4.90 Å². The van der Waals surface area contributed by atoms with E-state index in [4.69, 9.17) is 0 Å². The number of hydrogen-bond donors (Lipinski definition) is 0. The molecule has 2 rings (SSSR count). The van der Waals surface area contributed by atoms with E-state index in [1.807, 2.05) is 0 Å². The Hall–Kier alpha value is -0.370. The van der Waals surface area contributed by atoms with Gasteiger partial charge in [0.05, 0.1) is 0 Å². The summed E-state index contributed by atoms with van der Waals surface area (Å²) >= 11 is 0. The van der Waals surface area contributed by atoms with Crippen molar-refractivity contribution in [2.45, 2.75) is 57.9 Å². The summed E-state index contributed by atoms with van der Waals surface area (Å²) in [6, 6.07) is 0.752. The third-order valence-corrected chi connectivity index (χ3v) is 4.34. The van der Waals surface area contributed by atoms with Crippen molar-refractivity contribution in [3.63, 3.8) is 0 Å². The molecule has 0 aromatic heterocycles. The molecule has 1 saturated carbocycles. The topological polar surface area (TPSA) is 20.3 Å². The maximum Gasteiger partial charge on any atom is 0.127 e. The van der Waals surface area contributed by atoms with Gasteiger partial charge in [-0.25, -0.2) is 0 Å². The quantitative estimate of drug-likeness (QED) is 0.663. The van der Waals surface area contributed by atoms with Gasteiger partial charge < -0.3 is 4.79 Å². The van der Waals surface area contributed by atoms with Crippen LogP contribution in [0.5, 0.6) is 0 Å². The van der Waals surface area contributed by atoms with E-state index in [1.54, 1.807) is 0 Å². The third-order valence-electron chi connectivity index (χ3n) is 4.34. The normalized spacial score (nSPS) is 30.9. The van der Waals surface area contributed by atoms with Gasteiger partial charge in [0.15, 0.2) is 0 Å². The molecule has 2 nitrogen and oxygen atoms in total. The summed E-state index contributed by atoms with van der Waals surface area (Å²) in [6.45, 7) is 4.52. The Kier molecular flexibility index (Phi) is 3.45. The first-order valence-corrected chi connectivity index (χ1v) is 6.50. The van der Waals surface area contributed by atoms with E-state index < -0.39 is 0 Å². The average molecular weight is 209 g/mol. The van der Waals surface area contributed by atoms with Crippen LogP contribution in [0.25, 0.3) is 0 Å². The molecule has 2 heteroatoms. The van der Waals surface area contributed by atoms with Crippen molar-refractivity contribution in [3.8, 4) is 0 Å². The summed E-state index contributed by atoms with van der Waals surface area (Å²) in [6.07, 6.45) is 9.93. The predicted molar refractivity (Wildman–Crippen MR) is 61.9 cm³/mol. The monoisotopic (exact) mass is 209 g/mol. The number of hydrogen-bond acceptors (Lipinski definition) is 2. The highest BCUT2D eigenvalue weighted by molar-refractivity contribution is 5.60. The van der Waals surface area contributed by atoms with E-state index in [0.29, 0.717) is 0 Å². The van der Waals surface area contributed by atoms with Crippen molar-refractivity contribution >= 4 is 6.29 Å². The zero-order valence-corrected chi connectivity index (χ0v) is 9.87. The highest BCUT2D eigenvalue weighted by atomic mass is 16.1. The van der Waals surface area contributed by atoms with Crippen molar-refractivity contribution < 1.29 is 4.79 Å². The molecule has 0 aromatic carbocycles. The largest absolute Gasteiger partial charge is 0.303 e. The molecule has 2 aliphatic rings. The Balaban J connectivity index is 1.96. The molecule has 1 atom stereocenters. The highest BCUT2D eigenvalue weighted by Gasteiger charge is 2.37. The molecule has 1 heterocycles. The van der Waals surface area contributed by atoms with Crippen LogP contribution in [-0.2, 0) is 4.79 Å². The van der Waals surface area contributed by atoms with Crippen LogP contribution in [0.2, 0.25) is 0 Å². The van der Waals surface area contributed by atoms with E-state index in [9.17, 15) is 4.79 Å². The summed E-state index contributed by atoms with van der Waals surface area (Å²) in [7, 11) is 0. The van der Waals surface area contributed by atoms with E-state index in [0.717, 1.165) is 25.4 Å². The molecule has 0 bridgehead atoms. The van der Waals surface area contributed by atoms with Crippen molar-refractivity contribution in [3.05, 3.63) is 0 Å². The average Bonchev–Trinajstić information content (AvgIpc) is 2.88. The summed E-state index contributed by atoms with van der Waals surface area (Å²) in [5.74, 6) is 0. The molecule has 0 aromatic rings. The Bertz CT molecular complexity index is 221. The van der Waals surface area contributed by atoms with Crippen LogP contribution in [0.15, 0.2) is 0 Å². The van der Waals surface area contributed by atoms with Crippen molar-refractivity contribution in [1.29, 1.82) is 0 Å². The van der Waals surface area contributed by atoms with E-state index in [1.165, 1.54) is 44.9 Å². The molecule has 15 heavy (non-hydrogen) atoms. The first kappa shape index (κ1) is 11.1. The lowest BCUT2D eigenvalue weighted by atomic mass is 9.87. The maximum atomic E-state index is 11.3. The van der Waals surface area contributed by atoms with E-state index in [-0.39, 0.29) is 5.41 Å². The van der Waals surface area contributed by atoms with Gasteiger partial charge in [0.1, 0.15) is 6.29 Å². The van der Waals surface area contributed by atoms with Gasteiger partial charge in [-0.1, -0.05) is 19.8 Å². The fourth-order valence-corrected chi connectivity index (χ4v) is 3.36. The van der Waals surface area contributed by atoms with Crippen molar-refractivity contribution in [2.24, 2.45) is 5.41 Å². The van der Waals surface area contributed by atoms with Crippen LogP contribution in [0, 0.1) is 5.41 Å². The standard InChI is InChI=1S/C13H23NO/c1-2-12-6-5-9-14(12)10-13(11-15)7-3-4-8-13/h11-12H,2-10H2,1H3. The van der Waals surface area contributed by atoms with Crippen molar-refractivity contribution in [2.75, 3.05) is 13.1 Å². The summed E-state index contributed by atoms with van der Waals surface area (Å²) in [5, 5.41) is 0. The molecule has 1 saturated heterocycles. The Morgan fingerprint density at radius 3 is 2.67 bits per heavy atom. The minimum Gasteiger partial charge on any atom is -0.303 e. The number of likely N-dealkylation sites (tertiary alicyclic amines) is 1. The molecule has 0 radical (unpaired) electrons. The van der Waals surface area contributed by atoms with Crippen LogP contribution < -0.4 is 0 Å². The fraction of sp³-hybridized carbons (Fsp3) is 0.923. The molecular formula is C13H23NO. The third kappa shape index (κ3) is 2.25. The summed E-state index contributed by atoms with van der Waals surface area (Å²) < 4.78 is 0. The molecule has 1 aliphatic carbocycles. The molecular weight excluding hydrogens is 186 g/mol. The summed E-state index contributed by atoms with van der Waals surface area (Å²) in [4.78, 5) is 13.9. The van der Waals surface area contributed by atoms with Gasteiger partial charge in [-0.2, -0.15) is 0 Å². The second-order valence-corrected chi connectivity index (χ2v) is 5.36. The summed E-state index contributed by atoms with van der Waals surface area (Å²) in [5.41, 5.74) is 0.0256. The first-order chi connectivity index (χ1) is 7.29. The lowest BCUT2D eigenvalue weighted by molar-refractivity contribution is -0.117. The van der Waals surface area contributed by atoms with Crippen LogP contribution in [-0.4, -0.2) is 30.3 Å². The molecule has 86 valence electrons. The minimum atomic E-state index is 0.0256. The van der Waals surface area contributed by atoms with Crippen LogP contribution in [0.1, 0.15) is 51.9 Å². The molecule has 1 aliphatic heterocycles. The van der Waals surface area contributed by atoms with Crippen LogP contribution >= 0.6 is 0 Å². The van der Waals surface area contributed by atoms with E-state index >= 15 is 0 Å². The van der Waals surface area contributed by atoms with E-state index in [2.05, 4.69) is 11.8 Å². The second kappa shape index (κ2) is 4.65. The smallest absolute Gasteiger partial charge is 0.127 e. The lowest BCUT2D eigenvalue weighted by Crippen LogP contribution is -2.39. The number of nitrogens with zero attached hydrogens (tertiary/aromatic N) is 1. The Labute approximate surface area is 93.0 Å². The molecule has 1 unspecified atom stereocenters. The highest BCUT2D eigenvalue weighted by Crippen LogP contribution is 2.38. The lowest BCUT2D eigenvalue weighted by Gasteiger charge is -2.32. The zero-order valence-electron chi connectivity index (χ0n) is 9.87. The molecule has 0 N–H and O–H groups in total. The molecule has 0 amide bonds. The van der Waals surface area contributed by atoms with Gasteiger partial charge in [-0.05, 0) is 38.6 Å². The van der Waals surface area contributed by atoms with Crippen LogP contribution in [0.3, 0.4) is 0 Å². The van der Waals surface area contributed by atoms with Crippen molar-refractivity contribution in [1.82, 2.24) is 4.90 Å². The number of rotatable bonds is 4. The first-order valence-electron chi connectivity index (χ1n) is 6.50. The minimum absolute atomic E-state index is 0.0256. The SMILES string of the molecule is CCC1CCCN1CC1(C=O)CCCC1. The fourth-order valence-electron chi connectivity index (χ4n) is 3.36. The maximum absolute atomic E-state index is 11.3. The van der Waals surface area contributed by atoms with Crippen LogP contribution in [0.4, 0.5) is 0 Å². The second-order valence-electron chi connectivity index (χ2n) is 5.36. The Morgan fingerprint density at radius 2 is 2.07 bits per heavy atom. The van der Waals surface area contributed by atoms with Gasteiger partial charge in [0, 0.05) is 18.0 Å². The number of carbonyl (C=O) groups excluding carboxylic acids is 1. The van der Waals surface area contributed by atoms with Gasteiger partial charge in [0.25, 0.3) is 0 Å². The Morgan fingerprint density at radius 1 is 1.33 bits per heavy atom. The van der Waals surface area contributed by atoms with Gasteiger partial charge in [-0.15, -0.1) is 0 Å².